The topological polar surface area (TPSA) is 68.0 Å². The molecular formula is C9H8F5N3O2. The maximum Gasteiger partial charge on any atom is 0.453 e. The molecule has 1 aliphatic rings. The minimum Gasteiger partial charge on any atom is -0.476 e. The van der Waals surface area contributed by atoms with Crippen LogP contribution in [0, 0.1) is 5.92 Å². The maximum absolute atomic E-state index is 13.2. The number of fused-ring (bicyclic) bond motifs is 1. The van der Waals surface area contributed by atoms with E-state index < -0.39 is 42.5 Å². The van der Waals surface area contributed by atoms with Crippen LogP contribution in [0.2, 0.25) is 0 Å². The van der Waals surface area contributed by atoms with E-state index in [4.69, 9.17) is 5.11 Å². The molecule has 106 valence electrons. The number of halogens is 5. The Kier molecular flexibility index (Phi) is 2.98. The standard InChI is InChI=1S/C9H8F5N3O2/c10-8(11,9(12,13)14)4-1-2-17-5(3-4)6(7(18)19)15-16-17/h4H,1-3H2,(H,18,19). The molecule has 0 fully saturated rings. The van der Waals surface area contributed by atoms with Gasteiger partial charge in [-0.05, 0) is 6.42 Å². The van der Waals surface area contributed by atoms with Crippen molar-refractivity contribution in [2.75, 3.05) is 0 Å². The summed E-state index contributed by atoms with van der Waals surface area (Å²) in [5.41, 5.74) is -0.782. The zero-order valence-electron chi connectivity index (χ0n) is 9.29. The van der Waals surface area contributed by atoms with E-state index in [2.05, 4.69) is 10.3 Å². The molecule has 0 amide bonds. The van der Waals surface area contributed by atoms with Crippen molar-refractivity contribution >= 4 is 5.97 Å². The molecule has 5 nitrogen and oxygen atoms in total. The molecule has 19 heavy (non-hydrogen) atoms. The van der Waals surface area contributed by atoms with Crippen LogP contribution in [0.5, 0.6) is 0 Å². The number of carboxylic acids is 1. The average molecular weight is 285 g/mol. The van der Waals surface area contributed by atoms with Gasteiger partial charge in [-0.15, -0.1) is 5.10 Å². The number of rotatable bonds is 2. The van der Waals surface area contributed by atoms with Crippen molar-refractivity contribution in [2.24, 2.45) is 5.92 Å². The first-order valence-electron chi connectivity index (χ1n) is 5.24. The third-order valence-electron chi connectivity index (χ3n) is 3.06. The van der Waals surface area contributed by atoms with Crippen molar-refractivity contribution in [3.8, 4) is 0 Å². The number of carbonyl (C=O) groups is 1. The van der Waals surface area contributed by atoms with E-state index in [1.807, 2.05) is 0 Å². The number of aryl methyl sites for hydroxylation is 1. The molecule has 1 atom stereocenters. The van der Waals surface area contributed by atoms with Crippen LogP contribution in [0.15, 0.2) is 0 Å². The molecule has 0 saturated heterocycles. The molecule has 1 aliphatic heterocycles. The van der Waals surface area contributed by atoms with Crippen LogP contribution in [0.1, 0.15) is 22.6 Å². The monoisotopic (exact) mass is 285 g/mol. The molecule has 1 aromatic heterocycles. The van der Waals surface area contributed by atoms with Crippen molar-refractivity contribution < 1.29 is 31.9 Å². The quantitative estimate of drug-likeness (QED) is 0.840. The van der Waals surface area contributed by atoms with E-state index >= 15 is 0 Å². The van der Waals surface area contributed by atoms with E-state index in [1.165, 1.54) is 0 Å². The van der Waals surface area contributed by atoms with Gasteiger partial charge < -0.3 is 5.11 Å². The third-order valence-corrected chi connectivity index (χ3v) is 3.06. The van der Waals surface area contributed by atoms with Gasteiger partial charge in [0, 0.05) is 18.9 Å². The third kappa shape index (κ3) is 2.15. The van der Waals surface area contributed by atoms with Gasteiger partial charge in [-0.25, -0.2) is 9.48 Å². The molecule has 0 spiro atoms. The fourth-order valence-corrected chi connectivity index (χ4v) is 2.04. The Morgan fingerprint density at radius 2 is 1.95 bits per heavy atom. The minimum absolute atomic E-state index is 0.201. The van der Waals surface area contributed by atoms with Crippen LogP contribution >= 0.6 is 0 Å². The van der Waals surface area contributed by atoms with Crippen molar-refractivity contribution in [3.63, 3.8) is 0 Å². The van der Waals surface area contributed by atoms with Gasteiger partial charge in [0.2, 0.25) is 0 Å². The predicted octanol–water partition coefficient (Wildman–Crippen LogP) is 1.74. The molecule has 2 heterocycles. The summed E-state index contributed by atoms with van der Waals surface area (Å²) < 4.78 is 64.3. The maximum atomic E-state index is 13.2. The molecule has 0 bridgehead atoms. The van der Waals surface area contributed by atoms with Crippen LogP contribution in [0.4, 0.5) is 22.0 Å². The highest BCUT2D eigenvalue weighted by molar-refractivity contribution is 5.86. The Hall–Kier alpha value is -1.74. The Bertz CT molecular complexity index is 510. The summed E-state index contributed by atoms with van der Waals surface area (Å²) in [5, 5.41) is 15.4. The van der Waals surface area contributed by atoms with Crippen molar-refractivity contribution in [2.45, 2.75) is 31.5 Å². The summed E-state index contributed by atoms with van der Waals surface area (Å²) in [4.78, 5) is 10.8. The Morgan fingerprint density at radius 3 is 2.47 bits per heavy atom. The van der Waals surface area contributed by atoms with Gasteiger partial charge >= 0.3 is 18.1 Å². The lowest BCUT2D eigenvalue weighted by Crippen LogP contribution is -2.46. The minimum atomic E-state index is -5.66. The summed E-state index contributed by atoms with van der Waals surface area (Å²) >= 11 is 0. The molecule has 1 unspecified atom stereocenters. The number of alkyl halides is 5. The van der Waals surface area contributed by atoms with Gasteiger partial charge in [0.05, 0.1) is 5.69 Å². The van der Waals surface area contributed by atoms with Crippen molar-refractivity contribution in [3.05, 3.63) is 11.4 Å². The zero-order valence-corrected chi connectivity index (χ0v) is 9.29. The van der Waals surface area contributed by atoms with Crippen LogP contribution in [0.25, 0.3) is 0 Å². The van der Waals surface area contributed by atoms with Crippen LogP contribution in [-0.4, -0.2) is 38.2 Å². The molecule has 0 aromatic carbocycles. The second-order valence-electron chi connectivity index (χ2n) is 4.22. The molecular weight excluding hydrogens is 277 g/mol. The summed E-state index contributed by atoms with van der Waals surface area (Å²) in [6, 6.07) is 0. The van der Waals surface area contributed by atoms with E-state index in [0.29, 0.717) is 0 Å². The first-order valence-corrected chi connectivity index (χ1v) is 5.24. The molecule has 1 aromatic rings. The second kappa shape index (κ2) is 4.14. The SMILES string of the molecule is O=C(O)c1nnn2c1CC(C(F)(F)C(F)(F)F)CC2. The van der Waals surface area contributed by atoms with Crippen molar-refractivity contribution in [1.82, 2.24) is 15.0 Å². The van der Waals surface area contributed by atoms with E-state index in [9.17, 15) is 26.7 Å². The predicted molar refractivity (Wildman–Crippen MR) is 49.8 cm³/mol. The first kappa shape index (κ1) is 13.7. The highest BCUT2D eigenvalue weighted by Gasteiger charge is 2.62. The van der Waals surface area contributed by atoms with E-state index in [1.54, 1.807) is 0 Å². The molecule has 0 aliphatic carbocycles. The second-order valence-corrected chi connectivity index (χ2v) is 4.22. The van der Waals surface area contributed by atoms with Gasteiger partial charge in [0.1, 0.15) is 0 Å². The smallest absolute Gasteiger partial charge is 0.453 e. The van der Waals surface area contributed by atoms with Gasteiger partial charge in [-0.1, -0.05) is 5.21 Å². The van der Waals surface area contributed by atoms with Crippen LogP contribution < -0.4 is 0 Å². The fourth-order valence-electron chi connectivity index (χ4n) is 2.04. The Morgan fingerprint density at radius 1 is 1.32 bits per heavy atom. The number of aromatic nitrogens is 3. The lowest BCUT2D eigenvalue weighted by atomic mass is 9.89. The van der Waals surface area contributed by atoms with Gasteiger partial charge in [0.15, 0.2) is 5.69 Å². The average Bonchev–Trinajstić information content (AvgIpc) is 2.69. The van der Waals surface area contributed by atoms with Gasteiger partial charge in [0.25, 0.3) is 0 Å². The molecule has 0 radical (unpaired) electrons. The van der Waals surface area contributed by atoms with E-state index in [0.717, 1.165) is 4.68 Å². The molecule has 1 N–H and O–H groups in total. The Balaban J connectivity index is 2.32. The summed E-state index contributed by atoms with van der Waals surface area (Å²) in [6.45, 7) is -0.216. The summed E-state index contributed by atoms with van der Waals surface area (Å²) in [5.74, 6) is -8.37. The lowest BCUT2D eigenvalue weighted by molar-refractivity contribution is -0.304. The summed E-state index contributed by atoms with van der Waals surface area (Å²) in [6.07, 6.45) is -6.82. The van der Waals surface area contributed by atoms with Crippen LogP contribution in [0.3, 0.4) is 0 Å². The molecule has 0 saturated carbocycles. The van der Waals surface area contributed by atoms with E-state index in [-0.39, 0.29) is 12.2 Å². The number of aromatic carboxylic acids is 1. The van der Waals surface area contributed by atoms with Gasteiger partial charge in [-0.3, -0.25) is 0 Å². The zero-order chi connectivity index (χ0) is 14.4. The lowest BCUT2D eigenvalue weighted by Gasteiger charge is -2.31. The van der Waals surface area contributed by atoms with Crippen molar-refractivity contribution in [1.29, 1.82) is 0 Å². The number of hydrogen-bond acceptors (Lipinski definition) is 3. The van der Waals surface area contributed by atoms with Gasteiger partial charge in [-0.2, -0.15) is 22.0 Å². The largest absolute Gasteiger partial charge is 0.476 e. The fraction of sp³-hybridized carbons (Fsp3) is 0.667. The van der Waals surface area contributed by atoms with Crippen LogP contribution in [-0.2, 0) is 13.0 Å². The highest BCUT2D eigenvalue weighted by Crippen LogP contribution is 2.45. The molecule has 10 heteroatoms. The molecule has 2 rings (SSSR count). The normalized spacial score (nSPS) is 20.2. The number of carboxylic acid groups (broad SMARTS) is 1. The first-order chi connectivity index (χ1) is 8.64. The number of nitrogens with zero attached hydrogens (tertiary/aromatic N) is 3. The summed E-state index contributed by atoms with van der Waals surface area (Å²) in [7, 11) is 0. The Labute approximate surface area is 103 Å². The highest BCUT2D eigenvalue weighted by atomic mass is 19.4. The number of hydrogen-bond donors (Lipinski definition) is 1.